The molecule has 0 radical (unpaired) electrons. The molecule has 2 atom stereocenters. The molecule has 2 unspecified atom stereocenters. The first-order valence-corrected chi connectivity index (χ1v) is 9.44. The molecule has 0 heterocycles. The molecule has 2 aromatic rings. The summed E-state index contributed by atoms with van der Waals surface area (Å²) in [6, 6.07) is 16.8. The average molecular weight is 417 g/mol. The molecule has 0 bridgehead atoms. The Morgan fingerprint density at radius 3 is 1.42 bits per heavy atom. The summed E-state index contributed by atoms with van der Waals surface area (Å²) in [4.78, 5) is -1.31. The minimum absolute atomic E-state index is 0. The van der Waals surface area contributed by atoms with Gasteiger partial charge in [0, 0.05) is 27.1 Å². The van der Waals surface area contributed by atoms with Crippen LogP contribution in [0.5, 0.6) is 0 Å². The molecule has 132 valence electrons. The van der Waals surface area contributed by atoms with Gasteiger partial charge in [-0.05, 0) is 47.2 Å². The van der Waals surface area contributed by atoms with Crippen LogP contribution in [0, 0.1) is 5.41 Å². The number of hydrogen-bond acceptors (Lipinski definition) is 0. The predicted octanol–water partition coefficient (Wildman–Crippen LogP) is 7.11. The fourth-order valence-corrected chi connectivity index (χ4v) is 5.65. The molecule has 0 aromatic heterocycles. The minimum atomic E-state index is -0.655. The van der Waals surface area contributed by atoms with Gasteiger partial charge in [0.1, 0.15) is 0 Å². The zero-order chi connectivity index (χ0) is 18.0. The number of benzene rings is 2. The van der Waals surface area contributed by atoms with E-state index in [9.17, 15) is 0 Å². The number of halogens is 2. The molecule has 2 aromatic carbocycles. The van der Waals surface area contributed by atoms with Gasteiger partial charge >= 0.3 is 0 Å². The van der Waals surface area contributed by atoms with Crippen molar-refractivity contribution in [2.24, 2.45) is 5.41 Å². The van der Waals surface area contributed by atoms with Crippen LogP contribution in [0.2, 0.25) is 0 Å². The van der Waals surface area contributed by atoms with Crippen molar-refractivity contribution >= 4 is 35.4 Å². The van der Waals surface area contributed by atoms with E-state index in [-0.39, 0.29) is 21.7 Å². The van der Waals surface area contributed by atoms with E-state index in [1.807, 2.05) is 0 Å². The molecule has 0 N–H and O–H groups in total. The van der Waals surface area contributed by atoms with E-state index in [1.165, 1.54) is 11.1 Å². The molecule has 4 rings (SSSR count). The first-order chi connectivity index (χ1) is 11.7. The average Bonchev–Trinajstić information content (AvgIpc) is 3.02. The third-order valence-corrected chi connectivity index (χ3v) is 8.17. The van der Waals surface area contributed by atoms with Crippen LogP contribution in [0.3, 0.4) is 0 Å². The Labute approximate surface area is 181 Å². The standard InChI is InChI=1S/C23H22Cl2.Ti/c1-15-13-17-9-5-7-11-19(17)22(15,24)21(3,4)23(25)16(2)14-18-10-6-8-12-20(18)23;/h5-14H,1-4H3;. The SMILES string of the molecule is CC1=Cc2ccccc2C1(Cl)C(C)(C)C1(Cl)C(C)=Cc2ccccc21.[Ti]. The number of rotatable bonds is 2. The van der Waals surface area contributed by atoms with Gasteiger partial charge in [0.05, 0.1) is 9.75 Å². The van der Waals surface area contributed by atoms with Gasteiger partial charge in [0.2, 0.25) is 0 Å². The van der Waals surface area contributed by atoms with Crippen LogP contribution >= 0.6 is 23.2 Å². The Hall–Kier alpha value is -0.786. The molecule has 3 heteroatoms. The maximum absolute atomic E-state index is 7.46. The van der Waals surface area contributed by atoms with Crippen molar-refractivity contribution in [2.75, 3.05) is 0 Å². The van der Waals surface area contributed by atoms with E-state index >= 15 is 0 Å². The van der Waals surface area contributed by atoms with Crippen LogP contribution in [-0.4, -0.2) is 0 Å². The molecule has 26 heavy (non-hydrogen) atoms. The summed E-state index contributed by atoms with van der Waals surface area (Å²) < 4.78 is 0. The summed E-state index contributed by atoms with van der Waals surface area (Å²) in [6.45, 7) is 8.64. The smallest absolute Gasteiger partial charge is 0.0984 e. The summed E-state index contributed by atoms with van der Waals surface area (Å²) in [7, 11) is 0. The summed E-state index contributed by atoms with van der Waals surface area (Å²) in [5.41, 5.74) is 6.54. The summed E-state index contributed by atoms with van der Waals surface area (Å²) >= 11 is 14.9. The predicted molar refractivity (Wildman–Crippen MR) is 109 cm³/mol. The zero-order valence-electron chi connectivity index (χ0n) is 15.5. The zero-order valence-corrected chi connectivity index (χ0v) is 18.6. The van der Waals surface area contributed by atoms with Crippen LogP contribution in [0.1, 0.15) is 49.9 Å². The van der Waals surface area contributed by atoms with E-state index < -0.39 is 15.2 Å². The Bertz CT molecular complexity index is 865. The first-order valence-electron chi connectivity index (χ1n) is 8.69. The van der Waals surface area contributed by atoms with E-state index in [0.717, 1.165) is 22.3 Å². The second-order valence-corrected chi connectivity index (χ2v) is 8.91. The summed E-state index contributed by atoms with van der Waals surface area (Å²) in [6.07, 6.45) is 4.40. The first kappa shape index (κ1) is 20.0. The van der Waals surface area contributed by atoms with Crippen molar-refractivity contribution < 1.29 is 21.7 Å². The molecule has 0 nitrogen and oxygen atoms in total. The number of hydrogen-bond donors (Lipinski definition) is 0. The quantitative estimate of drug-likeness (QED) is 0.361. The molecular weight excluding hydrogens is 395 g/mol. The summed E-state index contributed by atoms with van der Waals surface area (Å²) in [5.74, 6) is 0. The maximum Gasteiger partial charge on any atom is 0.0984 e. The van der Waals surface area contributed by atoms with Crippen molar-refractivity contribution in [1.29, 1.82) is 0 Å². The third kappa shape index (κ3) is 2.26. The number of alkyl halides is 2. The molecule has 0 fully saturated rings. The molecule has 2 aliphatic carbocycles. The van der Waals surface area contributed by atoms with Gasteiger partial charge in [-0.15, -0.1) is 23.2 Å². The largest absolute Gasteiger partial charge is 0.108 e. The molecular formula is C23H22Cl2Ti. The fourth-order valence-electron chi connectivity index (χ4n) is 4.86. The fraction of sp³-hybridized carbons (Fsp3) is 0.304. The Morgan fingerprint density at radius 2 is 1.04 bits per heavy atom. The Kier molecular flexibility index (Phi) is 4.90. The minimum Gasteiger partial charge on any atom is -0.108 e. The molecule has 0 aliphatic heterocycles. The van der Waals surface area contributed by atoms with Gasteiger partial charge in [-0.1, -0.05) is 74.5 Å². The van der Waals surface area contributed by atoms with Crippen LogP contribution in [-0.2, 0) is 31.5 Å². The van der Waals surface area contributed by atoms with E-state index in [2.05, 4.69) is 88.4 Å². The van der Waals surface area contributed by atoms with Gasteiger partial charge in [-0.3, -0.25) is 0 Å². The van der Waals surface area contributed by atoms with E-state index in [4.69, 9.17) is 23.2 Å². The van der Waals surface area contributed by atoms with Crippen molar-refractivity contribution in [2.45, 2.75) is 37.4 Å². The van der Waals surface area contributed by atoms with Crippen LogP contribution in [0.4, 0.5) is 0 Å². The van der Waals surface area contributed by atoms with Crippen LogP contribution < -0.4 is 0 Å². The van der Waals surface area contributed by atoms with Crippen molar-refractivity contribution in [3.05, 3.63) is 81.9 Å². The van der Waals surface area contributed by atoms with Crippen LogP contribution in [0.15, 0.2) is 59.7 Å². The van der Waals surface area contributed by atoms with Crippen LogP contribution in [0.25, 0.3) is 12.2 Å². The summed E-state index contributed by atoms with van der Waals surface area (Å²) in [5, 5.41) is 0. The van der Waals surface area contributed by atoms with Gasteiger partial charge in [0.25, 0.3) is 0 Å². The Morgan fingerprint density at radius 1 is 0.692 bits per heavy atom. The molecule has 0 saturated heterocycles. The van der Waals surface area contributed by atoms with Crippen molar-refractivity contribution in [1.82, 2.24) is 0 Å². The maximum atomic E-state index is 7.46. The van der Waals surface area contributed by atoms with Gasteiger partial charge in [0.15, 0.2) is 0 Å². The number of fused-ring (bicyclic) bond motifs is 2. The third-order valence-electron chi connectivity index (χ3n) is 6.22. The number of allylic oxidation sites excluding steroid dienone is 2. The van der Waals surface area contributed by atoms with Gasteiger partial charge < -0.3 is 0 Å². The van der Waals surface area contributed by atoms with Crippen molar-refractivity contribution in [3.8, 4) is 0 Å². The van der Waals surface area contributed by atoms with Gasteiger partial charge in [-0.2, -0.15) is 0 Å². The molecule has 2 aliphatic rings. The second kappa shape index (κ2) is 6.38. The molecule has 0 spiro atoms. The second-order valence-electron chi connectivity index (χ2n) is 7.77. The molecule has 0 amide bonds. The van der Waals surface area contributed by atoms with E-state index in [1.54, 1.807) is 0 Å². The monoisotopic (exact) mass is 416 g/mol. The normalized spacial score (nSPS) is 26.5. The molecule has 0 saturated carbocycles. The topological polar surface area (TPSA) is 0 Å². The van der Waals surface area contributed by atoms with Crippen molar-refractivity contribution in [3.63, 3.8) is 0 Å². The Balaban J connectivity index is 0.00000196. The van der Waals surface area contributed by atoms with Gasteiger partial charge in [-0.25, -0.2) is 0 Å². The van der Waals surface area contributed by atoms with E-state index in [0.29, 0.717) is 0 Å².